The quantitative estimate of drug-likeness (QED) is 0.289. The number of nitrogens with one attached hydrogen (secondary N) is 1. The molecule has 7 nitrogen and oxygen atoms in total. The third kappa shape index (κ3) is 4.81. The molecule has 1 fully saturated rings. The summed E-state index contributed by atoms with van der Waals surface area (Å²) >= 11 is 1.69. The third-order valence-electron chi connectivity index (χ3n) is 6.62. The van der Waals surface area contributed by atoms with E-state index in [-0.39, 0.29) is 0 Å². The molecule has 3 aromatic heterocycles. The number of rotatable bonds is 7. The summed E-state index contributed by atoms with van der Waals surface area (Å²) in [7, 11) is 0. The summed E-state index contributed by atoms with van der Waals surface area (Å²) in [6.07, 6.45) is 9.26. The fraction of sp³-hybridized carbons (Fsp3) is 0.385. The minimum absolute atomic E-state index is 0.707. The molecule has 1 aliphatic heterocycles. The number of anilines is 1. The topological polar surface area (TPSA) is 65.3 Å². The number of aromatic nitrogens is 4. The number of thiazole rings is 1. The molecule has 0 saturated carbocycles. The standard InChI is InChI=1S/C26H29N7S/c1-18-19(2)34-25(31-18)21-16-29-26(30-17-21)33-12-10-32(11-13-33)9-5-4-6-20-15-28-24-8-7-22(27-3)14-23(20)24/h7-8,14-17,28H,4-6,9-13H2,1-2H3. The smallest absolute Gasteiger partial charge is 0.225 e. The largest absolute Gasteiger partial charge is 0.361 e. The van der Waals surface area contributed by atoms with Crippen LogP contribution in [0.15, 0.2) is 36.8 Å². The van der Waals surface area contributed by atoms with Gasteiger partial charge in [-0.05, 0) is 62.7 Å². The minimum atomic E-state index is 0.707. The highest BCUT2D eigenvalue weighted by atomic mass is 32.1. The number of hydrogen-bond acceptors (Lipinski definition) is 6. The highest BCUT2D eigenvalue weighted by molar-refractivity contribution is 7.15. The summed E-state index contributed by atoms with van der Waals surface area (Å²) in [4.78, 5) is 26.8. The molecule has 0 aliphatic carbocycles. The second-order valence-corrected chi connectivity index (χ2v) is 10.1. The minimum Gasteiger partial charge on any atom is -0.361 e. The Balaban J connectivity index is 1.08. The first-order valence-electron chi connectivity index (χ1n) is 11.8. The number of nitrogens with zero attached hydrogens (tertiary/aromatic N) is 6. The predicted molar refractivity (Wildman–Crippen MR) is 139 cm³/mol. The van der Waals surface area contributed by atoms with Crippen LogP contribution in [-0.4, -0.2) is 57.6 Å². The van der Waals surface area contributed by atoms with Gasteiger partial charge in [-0.15, -0.1) is 11.3 Å². The van der Waals surface area contributed by atoms with Gasteiger partial charge < -0.3 is 9.88 Å². The molecule has 1 saturated heterocycles. The second-order valence-electron chi connectivity index (χ2n) is 8.87. The maximum absolute atomic E-state index is 7.24. The van der Waals surface area contributed by atoms with Crippen molar-refractivity contribution in [2.75, 3.05) is 37.6 Å². The lowest BCUT2D eigenvalue weighted by molar-refractivity contribution is 0.252. The van der Waals surface area contributed by atoms with E-state index in [1.807, 2.05) is 37.5 Å². The van der Waals surface area contributed by atoms with Gasteiger partial charge in [-0.3, -0.25) is 4.90 Å². The molecule has 34 heavy (non-hydrogen) atoms. The summed E-state index contributed by atoms with van der Waals surface area (Å²) in [5.74, 6) is 0.812. The molecule has 5 rings (SSSR count). The van der Waals surface area contributed by atoms with Crippen molar-refractivity contribution in [2.24, 2.45) is 0 Å². The zero-order valence-corrected chi connectivity index (χ0v) is 20.5. The van der Waals surface area contributed by atoms with Gasteiger partial charge in [0.05, 0.1) is 12.3 Å². The van der Waals surface area contributed by atoms with Crippen molar-refractivity contribution >= 4 is 33.9 Å². The Hall–Kier alpha value is -3.28. The van der Waals surface area contributed by atoms with Crippen LogP contribution < -0.4 is 4.90 Å². The van der Waals surface area contributed by atoms with Crippen molar-refractivity contribution in [3.05, 3.63) is 64.3 Å². The molecule has 0 unspecified atom stereocenters. The van der Waals surface area contributed by atoms with Crippen molar-refractivity contribution in [1.29, 1.82) is 0 Å². The SMILES string of the molecule is [C-]#[N+]c1ccc2[nH]cc(CCCCN3CCN(c4ncc(-c5nc(C)c(C)s5)cn4)CC3)c2c1. The molecule has 0 amide bonds. The molecule has 4 heterocycles. The zero-order valence-electron chi connectivity index (χ0n) is 19.7. The average molecular weight is 472 g/mol. The van der Waals surface area contributed by atoms with E-state index >= 15 is 0 Å². The van der Waals surface area contributed by atoms with Crippen LogP contribution in [0.3, 0.4) is 0 Å². The molecule has 174 valence electrons. The summed E-state index contributed by atoms with van der Waals surface area (Å²) in [6.45, 7) is 16.5. The van der Waals surface area contributed by atoms with Crippen molar-refractivity contribution in [3.63, 3.8) is 0 Å². The average Bonchev–Trinajstić information content (AvgIpc) is 3.44. The van der Waals surface area contributed by atoms with Crippen LogP contribution in [0.1, 0.15) is 29.0 Å². The van der Waals surface area contributed by atoms with Gasteiger partial charge in [0.2, 0.25) is 5.95 Å². The summed E-state index contributed by atoms with van der Waals surface area (Å²) in [5.41, 5.74) is 5.21. The van der Waals surface area contributed by atoms with Gasteiger partial charge in [0.25, 0.3) is 0 Å². The Bertz CT molecular complexity index is 1290. The lowest BCUT2D eigenvalue weighted by Crippen LogP contribution is -2.47. The molecule has 1 aliphatic rings. The first kappa shape index (κ1) is 22.5. The van der Waals surface area contributed by atoms with Gasteiger partial charge in [0.15, 0.2) is 5.69 Å². The Morgan fingerprint density at radius 3 is 2.59 bits per heavy atom. The second kappa shape index (κ2) is 9.92. The number of aryl methyl sites for hydroxylation is 3. The van der Waals surface area contributed by atoms with E-state index in [4.69, 9.17) is 6.57 Å². The number of fused-ring (bicyclic) bond motifs is 1. The Morgan fingerprint density at radius 2 is 1.88 bits per heavy atom. The molecule has 4 aromatic rings. The van der Waals surface area contributed by atoms with Crippen LogP contribution in [-0.2, 0) is 6.42 Å². The van der Waals surface area contributed by atoms with Crippen LogP contribution in [0.2, 0.25) is 0 Å². The summed E-state index contributed by atoms with van der Waals surface area (Å²) < 4.78 is 0. The highest BCUT2D eigenvalue weighted by Crippen LogP contribution is 2.27. The molecule has 0 spiro atoms. The number of benzene rings is 1. The van der Waals surface area contributed by atoms with E-state index in [0.717, 1.165) is 73.3 Å². The fourth-order valence-electron chi connectivity index (χ4n) is 4.46. The Morgan fingerprint density at radius 1 is 1.09 bits per heavy atom. The molecule has 0 bridgehead atoms. The first-order chi connectivity index (χ1) is 16.6. The molecule has 1 N–H and O–H groups in total. The lowest BCUT2D eigenvalue weighted by atomic mass is 10.1. The van der Waals surface area contributed by atoms with E-state index in [2.05, 4.69) is 47.7 Å². The number of unbranched alkanes of at least 4 members (excludes halogenated alkanes) is 1. The molecule has 0 radical (unpaired) electrons. The van der Waals surface area contributed by atoms with Crippen LogP contribution in [0, 0.1) is 20.4 Å². The number of H-pyrrole nitrogens is 1. The van der Waals surface area contributed by atoms with Crippen LogP contribution in [0.25, 0.3) is 26.3 Å². The third-order valence-corrected chi connectivity index (χ3v) is 7.74. The summed E-state index contributed by atoms with van der Waals surface area (Å²) in [5, 5.41) is 2.18. The Kier molecular flexibility index (Phi) is 6.57. The van der Waals surface area contributed by atoms with Crippen LogP contribution >= 0.6 is 11.3 Å². The maximum atomic E-state index is 7.24. The van der Waals surface area contributed by atoms with E-state index in [1.54, 1.807) is 11.3 Å². The number of piperazine rings is 1. The number of aromatic amines is 1. The van der Waals surface area contributed by atoms with Gasteiger partial charge in [-0.1, -0.05) is 6.07 Å². The van der Waals surface area contributed by atoms with E-state index in [0.29, 0.717) is 5.69 Å². The molecule has 8 heteroatoms. The van der Waals surface area contributed by atoms with Crippen molar-refractivity contribution in [2.45, 2.75) is 33.1 Å². The van der Waals surface area contributed by atoms with Gasteiger partial charge in [-0.2, -0.15) is 0 Å². The van der Waals surface area contributed by atoms with Crippen LogP contribution in [0.4, 0.5) is 11.6 Å². The van der Waals surface area contributed by atoms with E-state index < -0.39 is 0 Å². The van der Waals surface area contributed by atoms with Gasteiger partial charge >= 0.3 is 0 Å². The van der Waals surface area contributed by atoms with Gasteiger partial charge in [0, 0.05) is 60.7 Å². The van der Waals surface area contributed by atoms with Crippen molar-refractivity contribution in [1.82, 2.24) is 24.8 Å². The number of hydrogen-bond donors (Lipinski definition) is 1. The zero-order chi connectivity index (χ0) is 23.5. The normalized spacial score (nSPS) is 14.6. The van der Waals surface area contributed by atoms with Crippen LogP contribution in [0.5, 0.6) is 0 Å². The lowest BCUT2D eigenvalue weighted by Gasteiger charge is -2.34. The van der Waals surface area contributed by atoms with Crippen molar-refractivity contribution in [3.8, 4) is 10.6 Å². The van der Waals surface area contributed by atoms with Gasteiger partial charge in [0.1, 0.15) is 5.01 Å². The summed E-state index contributed by atoms with van der Waals surface area (Å²) in [6, 6.07) is 5.88. The van der Waals surface area contributed by atoms with E-state index in [9.17, 15) is 0 Å². The predicted octanol–water partition coefficient (Wildman–Crippen LogP) is 5.39. The van der Waals surface area contributed by atoms with E-state index in [1.165, 1.54) is 22.2 Å². The molecule has 0 atom stereocenters. The Labute approximate surface area is 204 Å². The fourth-order valence-corrected chi connectivity index (χ4v) is 5.35. The molecule has 1 aromatic carbocycles. The molecular weight excluding hydrogens is 442 g/mol. The maximum Gasteiger partial charge on any atom is 0.225 e. The molecular formula is C26H29N7S. The monoisotopic (exact) mass is 471 g/mol. The highest BCUT2D eigenvalue weighted by Gasteiger charge is 2.19. The first-order valence-corrected chi connectivity index (χ1v) is 12.6. The van der Waals surface area contributed by atoms with Gasteiger partial charge in [-0.25, -0.2) is 19.8 Å². The van der Waals surface area contributed by atoms with Crippen molar-refractivity contribution < 1.29 is 0 Å².